The SMILES string of the molecule is C[C@@H](Nc1ccccc1F)C(=O)NCc1ccccc1. The first-order valence-corrected chi connectivity index (χ1v) is 6.49. The summed E-state index contributed by atoms with van der Waals surface area (Å²) in [4.78, 5) is 11.9. The van der Waals surface area contributed by atoms with Gasteiger partial charge in [-0.05, 0) is 24.6 Å². The van der Waals surface area contributed by atoms with Crippen molar-refractivity contribution in [1.29, 1.82) is 0 Å². The predicted molar refractivity (Wildman–Crippen MR) is 77.8 cm³/mol. The van der Waals surface area contributed by atoms with Crippen molar-refractivity contribution < 1.29 is 9.18 Å². The lowest BCUT2D eigenvalue weighted by molar-refractivity contribution is -0.121. The van der Waals surface area contributed by atoms with Crippen molar-refractivity contribution in [2.45, 2.75) is 19.5 Å². The average molecular weight is 272 g/mol. The summed E-state index contributed by atoms with van der Waals surface area (Å²) in [6.07, 6.45) is 0. The molecule has 2 aromatic rings. The molecule has 0 aliphatic heterocycles. The molecule has 0 aliphatic carbocycles. The molecule has 0 heterocycles. The third-order valence-electron chi connectivity index (χ3n) is 2.95. The van der Waals surface area contributed by atoms with Gasteiger partial charge in [-0.25, -0.2) is 4.39 Å². The van der Waals surface area contributed by atoms with E-state index in [0.29, 0.717) is 12.2 Å². The van der Waals surface area contributed by atoms with Gasteiger partial charge in [0.1, 0.15) is 11.9 Å². The number of halogens is 1. The Kier molecular flexibility index (Phi) is 4.71. The van der Waals surface area contributed by atoms with Gasteiger partial charge < -0.3 is 10.6 Å². The number of hydrogen-bond acceptors (Lipinski definition) is 2. The smallest absolute Gasteiger partial charge is 0.242 e. The first-order chi connectivity index (χ1) is 9.66. The van der Waals surface area contributed by atoms with Gasteiger partial charge in [-0.1, -0.05) is 42.5 Å². The summed E-state index contributed by atoms with van der Waals surface area (Å²) < 4.78 is 13.5. The van der Waals surface area contributed by atoms with Crippen LogP contribution < -0.4 is 10.6 Å². The molecule has 3 nitrogen and oxygen atoms in total. The Morgan fingerprint density at radius 3 is 2.45 bits per heavy atom. The molecule has 0 saturated carbocycles. The minimum Gasteiger partial charge on any atom is -0.372 e. The van der Waals surface area contributed by atoms with Crippen molar-refractivity contribution in [3.63, 3.8) is 0 Å². The fourth-order valence-corrected chi connectivity index (χ4v) is 1.82. The van der Waals surface area contributed by atoms with E-state index in [9.17, 15) is 9.18 Å². The lowest BCUT2D eigenvalue weighted by atomic mass is 10.2. The van der Waals surface area contributed by atoms with Crippen LogP contribution in [0.15, 0.2) is 54.6 Å². The van der Waals surface area contributed by atoms with Crippen LogP contribution in [0, 0.1) is 5.82 Å². The van der Waals surface area contributed by atoms with Crippen molar-refractivity contribution in [1.82, 2.24) is 5.32 Å². The molecule has 2 aromatic carbocycles. The van der Waals surface area contributed by atoms with Gasteiger partial charge in [0.2, 0.25) is 5.91 Å². The van der Waals surface area contributed by atoms with E-state index < -0.39 is 6.04 Å². The van der Waals surface area contributed by atoms with Crippen LogP contribution in [0.2, 0.25) is 0 Å². The van der Waals surface area contributed by atoms with Crippen molar-refractivity contribution in [3.05, 3.63) is 66.0 Å². The van der Waals surface area contributed by atoms with E-state index in [2.05, 4.69) is 10.6 Å². The van der Waals surface area contributed by atoms with E-state index in [-0.39, 0.29) is 11.7 Å². The third-order valence-corrected chi connectivity index (χ3v) is 2.95. The van der Waals surface area contributed by atoms with Crippen LogP contribution in [0.3, 0.4) is 0 Å². The van der Waals surface area contributed by atoms with Gasteiger partial charge in [-0.15, -0.1) is 0 Å². The van der Waals surface area contributed by atoms with E-state index in [1.54, 1.807) is 25.1 Å². The van der Waals surface area contributed by atoms with Gasteiger partial charge in [0, 0.05) is 6.54 Å². The lowest BCUT2D eigenvalue weighted by Gasteiger charge is -2.15. The number of para-hydroxylation sites is 1. The normalized spacial score (nSPS) is 11.7. The fourth-order valence-electron chi connectivity index (χ4n) is 1.82. The minimum atomic E-state index is -0.504. The molecule has 1 atom stereocenters. The highest BCUT2D eigenvalue weighted by molar-refractivity contribution is 5.84. The summed E-state index contributed by atoms with van der Waals surface area (Å²) in [7, 11) is 0. The van der Waals surface area contributed by atoms with Crippen molar-refractivity contribution in [2.75, 3.05) is 5.32 Å². The molecule has 0 fully saturated rings. The van der Waals surface area contributed by atoms with Gasteiger partial charge >= 0.3 is 0 Å². The summed E-state index contributed by atoms with van der Waals surface area (Å²) in [6.45, 7) is 2.16. The van der Waals surface area contributed by atoms with E-state index >= 15 is 0 Å². The molecule has 0 aromatic heterocycles. The zero-order valence-electron chi connectivity index (χ0n) is 11.3. The van der Waals surface area contributed by atoms with Crippen molar-refractivity contribution in [3.8, 4) is 0 Å². The van der Waals surface area contributed by atoms with Crippen LogP contribution >= 0.6 is 0 Å². The molecule has 0 bridgehead atoms. The lowest BCUT2D eigenvalue weighted by Crippen LogP contribution is -2.37. The molecule has 0 unspecified atom stereocenters. The number of anilines is 1. The maximum Gasteiger partial charge on any atom is 0.242 e. The summed E-state index contributed by atoms with van der Waals surface area (Å²) in [5.41, 5.74) is 1.36. The summed E-state index contributed by atoms with van der Waals surface area (Å²) >= 11 is 0. The molecule has 1 amide bonds. The summed E-state index contributed by atoms with van der Waals surface area (Å²) in [5, 5.41) is 5.67. The molecule has 0 radical (unpaired) electrons. The molecular formula is C16H17FN2O. The highest BCUT2D eigenvalue weighted by Gasteiger charge is 2.13. The van der Waals surface area contributed by atoms with Crippen LogP contribution in [0.5, 0.6) is 0 Å². The first-order valence-electron chi connectivity index (χ1n) is 6.49. The second-order valence-electron chi connectivity index (χ2n) is 4.55. The first kappa shape index (κ1) is 14.1. The third kappa shape index (κ3) is 3.82. The Hall–Kier alpha value is -2.36. The molecule has 20 heavy (non-hydrogen) atoms. The summed E-state index contributed by atoms with van der Waals surface area (Å²) in [6, 6.07) is 15.4. The molecule has 2 N–H and O–H groups in total. The molecule has 104 valence electrons. The Labute approximate surface area is 117 Å². The van der Waals surface area contributed by atoms with Crippen molar-refractivity contribution >= 4 is 11.6 Å². The maximum atomic E-state index is 13.5. The van der Waals surface area contributed by atoms with Gasteiger partial charge in [-0.3, -0.25) is 4.79 Å². The Balaban J connectivity index is 1.88. The highest BCUT2D eigenvalue weighted by atomic mass is 19.1. The van der Waals surface area contributed by atoms with E-state index in [0.717, 1.165) is 5.56 Å². The van der Waals surface area contributed by atoms with Crippen LogP contribution in [0.4, 0.5) is 10.1 Å². The van der Waals surface area contributed by atoms with E-state index in [1.165, 1.54) is 6.07 Å². The van der Waals surface area contributed by atoms with E-state index in [1.807, 2.05) is 30.3 Å². The second-order valence-corrected chi connectivity index (χ2v) is 4.55. The number of carbonyl (C=O) groups excluding carboxylic acids is 1. The molecule has 0 aliphatic rings. The van der Waals surface area contributed by atoms with Gasteiger partial charge in [0.25, 0.3) is 0 Å². The average Bonchev–Trinajstić information content (AvgIpc) is 2.48. The topological polar surface area (TPSA) is 41.1 Å². The van der Waals surface area contributed by atoms with Gasteiger partial charge in [-0.2, -0.15) is 0 Å². The minimum absolute atomic E-state index is 0.169. The molecule has 4 heteroatoms. The van der Waals surface area contributed by atoms with Crippen molar-refractivity contribution in [2.24, 2.45) is 0 Å². The Bertz CT molecular complexity index is 572. The monoisotopic (exact) mass is 272 g/mol. The number of amides is 1. The molecule has 2 rings (SSSR count). The Morgan fingerprint density at radius 1 is 1.10 bits per heavy atom. The maximum absolute atomic E-state index is 13.5. The van der Waals surface area contributed by atoms with E-state index in [4.69, 9.17) is 0 Å². The van der Waals surface area contributed by atoms with Crippen LogP contribution in [0.25, 0.3) is 0 Å². The summed E-state index contributed by atoms with van der Waals surface area (Å²) in [5.74, 6) is -0.535. The number of hydrogen-bond donors (Lipinski definition) is 2. The number of benzene rings is 2. The molecule has 0 spiro atoms. The standard InChI is InChI=1S/C16H17FN2O/c1-12(19-15-10-6-5-9-14(15)17)16(20)18-11-13-7-3-2-4-8-13/h2-10,12,19H,11H2,1H3,(H,18,20)/t12-/m1/s1. The zero-order valence-corrected chi connectivity index (χ0v) is 11.3. The van der Waals surface area contributed by atoms with Gasteiger partial charge in [0.05, 0.1) is 5.69 Å². The van der Waals surface area contributed by atoms with Crippen LogP contribution in [-0.4, -0.2) is 11.9 Å². The quantitative estimate of drug-likeness (QED) is 0.878. The highest BCUT2D eigenvalue weighted by Crippen LogP contribution is 2.13. The Morgan fingerprint density at radius 2 is 1.75 bits per heavy atom. The zero-order chi connectivity index (χ0) is 14.4. The number of carbonyl (C=O) groups is 1. The number of rotatable bonds is 5. The fraction of sp³-hybridized carbons (Fsp3) is 0.188. The van der Waals surface area contributed by atoms with Gasteiger partial charge in [0.15, 0.2) is 0 Å². The number of nitrogens with one attached hydrogen (secondary N) is 2. The van der Waals surface area contributed by atoms with Crippen LogP contribution in [-0.2, 0) is 11.3 Å². The second kappa shape index (κ2) is 6.70. The molecule has 0 saturated heterocycles. The molecular weight excluding hydrogens is 255 g/mol. The van der Waals surface area contributed by atoms with Crippen LogP contribution in [0.1, 0.15) is 12.5 Å². The predicted octanol–water partition coefficient (Wildman–Crippen LogP) is 2.94. The largest absolute Gasteiger partial charge is 0.372 e.